The standard InChI is InChI=1S/C13H10F3NS/c14-13(15,16)9-6-7-11(12(18)8-9)17-10-4-2-1-3-5-10/h1-8,17-18H. The molecular weight excluding hydrogens is 259 g/mol. The quantitative estimate of drug-likeness (QED) is 0.750. The first kappa shape index (κ1) is 12.8. The van der Waals surface area contributed by atoms with Gasteiger partial charge in [0.25, 0.3) is 0 Å². The molecule has 0 bridgehead atoms. The number of rotatable bonds is 2. The van der Waals surface area contributed by atoms with Crippen LogP contribution in [-0.4, -0.2) is 0 Å². The summed E-state index contributed by atoms with van der Waals surface area (Å²) in [6.45, 7) is 0. The van der Waals surface area contributed by atoms with E-state index in [0.717, 1.165) is 17.8 Å². The smallest absolute Gasteiger partial charge is 0.355 e. The lowest BCUT2D eigenvalue weighted by Crippen LogP contribution is -2.05. The predicted molar refractivity (Wildman–Crippen MR) is 68.4 cm³/mol. The van der Waals surface area contributed by atoms with Crippen molar-refractivity contribution in [3.63, 3.8) is 0 Å². The lowest BCUT2D eigenvalue weighted by atomic mass is 10.2. The molecule has 94 valence electrons. The molecule has 0 aliphatic carbocycles. The summed E-state index contributed by atoms with van der Waals surface area (Å²) >= 11 is 4.07. The van der Waals surface area contributed by atoms with Crippen molar-refractivity contribution in [1.82, 2.24) is 0 Å². The van der Waals surface area contributed by atoms with Gasteiger partial charge in [0.15, 0.2) is 0 Å². The fourth-order valence-corrected chi connectivity index (χ4v) is 1.76. The van der Waals surface area contributed by atoms with Crippen molar-refractivity contribution in [3.8, 4) is 0 Å². The topological polar surface area (TPSA) is 12.0 Å². The summed E-state index contributed by atoms with van der Waals surface area (Å²) in [6, 6.07) is 12.6. The van der Waals surface area contributed by atoms with Gasteiger partial charge in [-0.3, -0.25) is 0 Å². The zero-order chi connectivity index (χ0) is 13.2. The Balaban J connectivity index is 2.26. The van der Waals surface area contributed by atoms with Gasteiger partial charge in [-0.15, -0.1) is 12.6 Å². The molecule has 0 radical (unpaired) electrons. The highest BCUT2D eigenvalue weighted by atomic mass is 32.1. The van der Waals surface area contributed by atoms with Crippen LogP contribution < -0.4 is 5.32 Å². The van der Waals surface area contributed by atoms with Gasteiger partial charge < -0.3 is 5.32 Å². The van der Waals surface area contributed by atoms with Crippen molar-refractivity contribution in [2.75, 3.05) is 5.32 Å². The molecule has 18 heavy (non-hydrogen) atoms. The maximum atomic E-state index is 12.5. The minimum atomic E-state index is -4.34. The lowest BCUT2D eigenvalue weighted by Gasteiger charge is -2.12. The van der Waals surface area contributed by atoms with Gasteiger partial charge in [-0.1, -0.05) is 18.2 Å². The van der Waals surface area contributed by atoms with Gasteiger partial charge in [-0.2, -0.15) is 13.2 Å². The fourth-order valence-electron chi connectivity index (χ4n) is 1.49. The number of nitrogens with one attached hydrogen (secondary N) is 1. The third kappa shape index (κ3) is 2.98. The molecule has 0 fully saturated rings. The van der Waals surface area contributed by atoms with Crippen molar-refractivity contribution in [3.05, 3.63) is 54.1 Å². The molecule has 5 heteroatoms. The number of halogens is 3. The zero-order valence-corrected chi connectivity index (χ0v) is 10.1. The third-order valence-corrected chi connectivity index (χ3v) is 2.75. The zero-order valence-electron chi connectivity index (χ0n) is 9.20. The second-order valence-corrected chi connectivity index (χ2v) is 4.20. The second-order valence-electron chi connectivity index (χ2n) is 3.72. The van der Waals surface area contributed by atoms with Crippen LogP contribution in [0, 0.1) is 0 Å². The Morgan fingerprint density at radius 2 is 1.61 bits per heavy atom. The van der Waals surface area contributed by atoms with E-state index >= 15 is 0 Å². The molecule has 2 aromatic rings. The number of thiol groups is 1. The molecule has 0 saturated carbocycles. The van der Waals surface area contributed by atoms with Gasteiger partial charge in [0, 0.05) is 10.6 Å². The Bertz CT molecular complexity index is 538. The summed E-state index contributed by atoms with van der Waals surface area (Å²) in [5.74, 6) is 0. The summed E-state index contributed by atoms with van der Waals surface area (Å²) in [5.41, 5.74) is 0.635. The first-order chi connectivity index (χ1) is 8.47. The number of anilines is 2. The molecule has 0 unspecified atom stereocenters. The molecule has 1 nitrogen and oxygen atoms in total. The Morgan fingerprint density at radius 3 is 2.17 bits per heavy atom. The average Bonchev–Trinajstić information content (AvgIpc) is 2.32. The molecule has 1 N–H and O–H groups in total. The summed E-state index contributed by atoms with van der Waals surface area (Å²) in [6.07, 6.45) is -4.34. The average molecular weight is 269 g/mol. The Morgan fingerprint density at radius 1 is 0.944 bits per heavy atom. The molecular formula is C13H10F3NS. The first-order valence-electron chi connectivity index (χ1n) is 5.19. The first-order valence-corrected chi connectivity index (χ1v) is 5.64. The number of hydrogen-bond acceptors (Lipinski definition) is 2. The van der Waals surface area contributed by atoms with Gasteiger partial charge in [-0.25, -0.2) is 0 Å². The molecule has 0 heterocycles. The van der Waals surface area contributed by atoms with Crippen molar-refractivity contribution in [2.45, 2.75) is 11.1 Å². The van der Waals surface area contributed by atoms with Crippen LogP contribution in [0.15, 0.2) is 53.4 Å². The number of para-hydroxylation sites is 1. The lowest BCUT2D eigenvalue weighted by molar-refractivity contribution is -0.137. The number of alkyl halides is 3. The van der Waals surface area contributed by atoms with Crippen molar-refractivity contribution < 1.29 is 13.2 Å². The minimum absolute atomic E-state index is 0.258. The maximum absolute atomic E-state index is 12.5. The van der Waals surface area contributed by atoms with E-state index in [2.05, 4.69) is 17.9 Å². The maximum Gasteiger partial charge on any atom is 0.416 e. The molecule has 0 saturated heterocycles. The van der Waals surface area contributed by atoms with Gasteiger partial charge >= 0.3 is 6.18 Å². The van der Waals surface area contributed by atoms with Crippen LogP contribution in [0.5, 0.6) is 0 Å². The van der Waals surface area contributed by atoms with E-state index < -0.39 is 11.7 Å². The molecule has 0 atom stereocenters. The molecule has 0 spiro atoms. The second kappa shape index (κ2) is 4.94. The van der Waals surface area contributed by atoms with Crippen LogP contribution in [0.3, 0.4) is 0 Å². The normalized spacial score (nSPS) is 11.3. The largest absolute Gasteiger partial charge is 0.416 e. The summed E-state index contributed by atoms with van der Waals surface area (Å²) < 4.78 is 37.4. The number of benzene rings is 2. The van der Waals surface area contributed by atoms with Gasteiger partial charge in [0.05, 0.1) is 11.3 Å². The Labute approximate surface area is 108 Å². The molecule has 2 aromatic carbocycles. The SMILES string of the molecule is FC(F)(F)c1ccc(Nc2ccccc2)c(S)c1. The van der Waals surface area contributed by atoms with Crippen LogP contribution in [0.2, 0.25) is 0 Å². The minimum Gasteiger partial charge on any atom is -0.355 e. The van der Waals surface area contributed by atoms with Crippen LogP contribution in [0.4, 0.5) is 24.5 Å². The van der Waals surface area contributed by atoms with Crippen LogP contribution in [0.1, 0.15) is 5.56 Å². The van der Waals surface area contributed by atoms with E-state index in [1.165, 1.54) is 6.07 Å². The fraction of sp³-hybridized carbons (Fsp3) is 0.0769. The molecule has 2 rings (SSSR count). The van der Waals surface area contributed by atoms with E-state index in [-0.39, 0.29) is 4.90 Å². The van der Waals surface area contributed by atoms with E-state index in [1.54, 1.807) is 0 Å². The third-order valence-electron chi connectivity index (χ3n) is 2.38. The monoisotopic (exact) mass is 269 g/mol. The Hall–Kier alpha value is -1.62. The van der Waals surface area contributed by atoms with Gasteiger partial charge in [0.2, 0.25) is 0 Å². The van der Waals surface area contributed by atoms with Crippen molar-refractivity contribution >= 4 is 24.0 Å². The van der Waals surface area contributed by atoms with Crippen LogP contribution in [-0.2, 0) is 6.18 Å². The van der Waals surface area contributed by atoms with Gasteiger partial charge in [-0.05, 0) is 30.3 Å². The van der Waals surface area contributed by atoms with Crippen molar-refractivity contribution in [2.24, 2.45) is 0 Å². The highest BCUT2D eigenvalue weighted by molar-refractivity contribution is 7.80. The predicted octanol–water partition coefficient (Wildman–Crippen LogP) is 4.74. The molecule has 0 amide bonds. The summed E-state index contributed by atoms with van der Waals surface area (Å²) in [5, 5.41) is 3.01. The van der Waals surface area contributed by atoms with E-state index in [4.69, 9.17) is 0 Å². The Kier molecular flexibility index (Phi) is 3.52. The van der Waals surface area contributed by atoms with E-state index in [1.807, 2.05) is 30.3 Å². The van der Waals surface area contributed by atoms with Crippen LogP contribution >= 0.6 is 12.6 Å². The molecule has 0 aliphatic rings. The van der Waals surface area contributed by atoms with Crippen LogP contribution in [0.25, 0.3) is 0 Å². The summed E-state index contributed by atoms with van der Waals surface area (Å²) in [4.78, 5) is 0.258. The number of hydrogen-bond donors (Lipinski definition) is 2. The summed E-state index contributed by atoms with van der Waals surface area (Å²) in [7, 11) is 0. The van der Waals surface area contributed by atoms with Gasteiger partial charge in [0.1, 0.15) is 0 Å². The highest BCUT2D eigenvalue weighted by Crippen LogP contribution is 2.33. The van der Waals surface area contributed by atoms with Crippen molar-refractivity contribution in [1.29, 1.82) is 0 Å². The van der Waals surface area contributed by atoms with E-state index in [0.29, 0.717) is 5.69 Å². The molecule has 0 aliphatic heterocycles. The van der Waals surface area contributed by atoms with E-state index in [9.17, 15) is 13.2 Å². The molecule has 0 aromatic heterocycles. The highest BCUT2D eigenvalue weighted by Gasteiger charge is 2.30.